The van der Waals surface area contributed by atoms with Crippen molar-refractivity contribution >= 4 is 17.5 Å². The molecule has 0 spiro atoms. The molecule has 1 aliphatic rings. The van der Waals surface area contributed by atoms with Gasteiger partial charge in [-0.2, -0.15) is 0 Å². The van der Waals surface area contributed by atoms with Crippen LogP contribution in [0, 0.1) is 12.7 Å². The molecule has 0 radical (unpaired) electrons. The summed E-state index contributed by atoms with van der Waals surface area (Å²) in [4.78, 5) is 16.9. The minimum Gasteiger partial charge on any atom is -0.484 e. The van der Waals surface area contributed by atoms with Gasteiger partial charge >= 0.3 is 0 Å². The Hall–Kier alpha value is -2.11. The monoisotopic (exact) mass is 404 g/mol. The number of ether oxygens (including phenoxy) is 1. The normalized spacial score (nSPS) is 20.2. The Balaban J connectivity index is 1.56. The SMILES string of the molecule is Cc1cc(OCC(=O)N2C[C@H](C)N(Cc3ccc(F)cc3)C[C@H]2C)ccc1Cl. The molecule has 0 N–H and O–H groups in total. The maximum atomic E-state index is 13.1. The van der Waals surface area contributed by atoms with E-state index in [-0.39, 0.29) is 30.4 Å². The Bertz CT molecular complexity index is 828. The molecule has 0 saturated carbocycles. The molecule has 0 bridgehead atoms. The minimum absolute atomic E-state index is 0.0100. The van der Waals surface area contributed by atoms with Crippen molar-refractivity contribution < 1.29 is 13.9 Å². The minimum atomic E-state index is -0.225. The van der Waals surface area contributed by atoms with Gasteiger partial charge in [0.25, 0.3) is 5.91 Å². The number of amides is 1. The van der Waals surface area contributed by atoms with E-state index in [0.29, 0.717) is 17.3 Å². The van der Waals surface area contributed by atoms with Crippen molar-refractivity contribution in [2.75, 3.05) is 19.7 Å². The molecule has 1 amide bonds. The van der Waals surface area contributed by atoms with Crippen LogP contribution in [0.2, 0.25) is 5.02 Å². The van der Waals surface area contributed by atoms with Gasteiger partial charge in [-0.1, -0.05) is 23.7 Å². The standard InChI is InChI=1S/C22H26ClFN2O2/c1-15-10-20(8-9-21(15)23)28-14-22(27)26-12-16(2)25(11-17(26)3)13-18-4-6-19(24)7-5-18/h4-10,16-17H,11-14H2,1-3H3/t16-,17+/m0/s1. The van der Waals surface area contributed by atoms with Crippen molar-refractivity contribution in [2.24, 2.45) is 0 Å². The highest BCUT2D eigenvalue weighted by Crippen LogP contribution is 2.22. The van der Waals surface area contributed by atoms with Crippen LogP contribution in [0.25, 0.3) is 0 Å². The summed E-state index contributed by atoms with van der Waals surface area (Å²) in [6.07, 6.45) is 0. The third-order valence-corrected chi connectivity index (χ3v) is 5.65. The van der Waals surface area contributed by atoms with Crippen molar-refractivity contribution in [1.82, 2.24) is 9.80 Å². The number of carbonyl (C=O) groups excluding carboxylic acids is 1. The molecule has 2 atom stereocenters. The summed E-state index contributed by atoms with van der Waals surface area (Å²) in [6, 6.07) is 12.3. The molecule has 6 heteroatoms. The first-order valence-electron chi connectivity index (χ1n) is 9.50. The van der Waals surface area contributed by atoms with Gasteiger partial charge in [0.2, 0.25) is 0 Å². The number of piperazine rings is 1. The number of carbonyl (C=O) groups is 1. The molecule has 1 fully saturated rings. The van der Waals surface area contributed by atoms with E-state index < -0.39 is 0 Å². The molecule has 2 aromatic carbocycles. The van der Waals surface area contributed by atoms with E-state index in [2.05, 4.69) is 11.8 Å². The molecule has 150 valence electrons. The average Bonchev–Trinajstić information content (AvgIpc) is 2.67. The number of benzene rings is 2. The fraction of sp³-hybridized carbons (Fsp3) is 0.409. The zero-order chi connectivity index (χ0) is 20.3. The number of halogens is 2. The Morgan fingerprint density at radius 1 is 1.14 bits per heavy atom. The zero-order valence-electron chi connectivity index (χ0n) is 16.5. The van der Waals surface area contributed by atoms with Gasteiger partial charge in [0, 0.05) is 36.7 Å². The fourth-order valence-electron chi connectivity index (χ4n) is 3.53. The van der Waals surface area contributed by atoms with Crippen LogP contribution in [-0.4, -0.2) is 47.5 Å². The highest BCUT2D eigenvalue weighted by atomic mass is 35.5. The van der Waals surface area contributed by atoms with Crippen LogP contribution in [0.1, 0.15) is 25.0 Å². The summed E-state index contributed by atoms with van der Waals surface area (Å²) < 4.78 is 18.8. The molecule has 1 aliphatic heterocycles. The van der Waals surface area contributed by atoms with Crippen LogP contribution < -0.4 is 4.74 Å². The number of aryl methyl sites for hydroxylation is 1. The third kappa shape index (κ3) is 5.03. The van der Waals surface area contributed by atoms with Crippen LogP contribution in [0.15, 0.2) is 42.5 Å². The van der Waals surface area contributed by atoms with Crippen molar-refractivity contribution in [2.45, 2.75) is 39.4 Å². The molecule has 3 rings (SSSR count). The second-order valence-corrected chi connectivity index (χ2v) is 7.91. The maximum Gasteiger partial charge on any atom is 0.260 e. The summed E-state index contributed by atoms with van der Waals surface area (Å²) >= 11 is 6.03. The third-order valence-electron chi connectivity index (χ3n) is 5.23. The fourth-order valence-corrected chi connectivity index (χ4v) is 3.64. The van der Waals surface area contributed by atoms with Gasteiger partial charge in [-0.15, -0.1) is 0 Å². The number of hydrogen-bond acceptors (Lipinski definition) is 3. The van der Waals surface area contributed by atoms with Crippen LogP contribution in [-0.2, 0) is 11.3 Å². The number of hydrogen-bond donors (Lipinski definition) is 0. The molecule has 0 aromatic heterocycles. The number of nitrogens with zero attached hydrogens (tertiary/aromatic N) is 2. The lowest BCUT2D eigenvalue weighted by molar-refractivity contribution is -0.139. The lowest BCUT2D eigenvalue weighted by atomic mass is 10.1. The second-order valence-electron chi connectivity index (χ2n) is 7.50. The zero-order valence-corrected chi connectivity index (χ0v) is 17.2. The van der Waals surface area contributed by atoms with Crippen LogP contribution in [0.3, 0.4) is 0 Å². The lowest BCUT2D eigenvalue weighted by Gasteiger charge is -2.44. The van der Waals surface area contributed by atoms with Crippen molar-refractivity contribution in [3.8, 4) is 5.75 Å². The van der Waals surface area contributed by atoms with Crippen molar-refractivity contribution in [1.29, 1.82) is 0 Å². The first kappa shape index (κ1) is 20.6. The van der Waals surface area contributed by atoms with Gasteiger partial charge in [-0.3, -0.25) is 9.69 Å². The second kappa shape index (κ2) is 8.93. The Morgan fingerprint density at radius 2 is 1.86 bits per heavy atom. The van der Waals surface area contributed by atoms with E-state index in [1.54, 1.807) is 12.1 Å². The molecule has 0 unspecified atom stereocenters. The molecular weight excluding hydrogens is 379 g/mol. The first-order chi connectivity index (χ1) is 13.3. The number of rotatable bonds is 5. The van der Waals surface area contributed by atoms with Gasteiger partial charge < -0.3 is 9.64 Å². The summed E-state index contributed by atoms with van der Waals surface area (Å²) in [5.41, 5.74) is 1.99. The molecular formula is C22H26ClFN2O2. The molecule has 1 heterocycles. The molecule has 0 aliphatic carbocycles. The summed E-state index contributed by atoms with van der Waals surface area (Å²) in [5.74, 6) is 0.399. The van der Waals surface area contributed by atoms with E-state index in [1.807, 2.05) is 36.9 Å². The highest BCUT2D eigenvalue weighted by molar-refractivity contribution is 6.31. The van der Waals surface area contributed by atoms with E-state index in [0.717, 1.165) is 24.2 Å². The Labute approximate surface area is 170 Å². The van der Waals surface area contributed by atoms with Gasteiger partial charge in [-0.25, -0.2) is 4.39 Å². The van der Waals surface area contributed by atoms with Crippen molar-refractivity contribution in [3.05, 3.63) is 64.4 Å². The van der Waals surface area contributed by atoms with Gasteiger partial charge in [0.1, 0.15) is 11.6 Å². The Morgan fingerprint density at radius 3 is 2.54 bits per heavy atom. The van der Waals surface area contributed by atoms with E-state index in [4.69, 9.17) is 16.3 Å². The van der Waals surface area contributed by atoms with Crippen LogP contribution in [0.5, 0.6) is 5.75 Å². The topological polar surface area (TPSA) is 32.8 Å². The molecule has 2 aromatic rings. The highest BCUT2D eigenvalue weighted by Gasteiger charge is 2.32. The quantitative estimate of drug-likeness (QED) is 0.745. The largest absolute Gasteiger partial charge is 0.484 e. The summed E-state index contributed by atoms with van der Waals surface area (Å²) in [5, 5.41) is 0.679. The Kier molecular flexibility index (Phi) is 6.57. The smallest absolute Gasteiger partial charge is 0.260 e. The maximum absolute atomic E-state index is 13.1. The van der Waals surface area contributed by atoms with Crippen LogP contribution in [0.4, 0.5) is 4.39 Å². The summed E-state index contributed by atoms with van der Waals surface area (Å²) in [6.45, 7) is 8.23. The lowest BCUT2D eigenvalue weighted by Crippen LogP contribution is -2.58. The van der Waals surface area contributed by atoms with E-state index in [9.17, 15) is 9.18 Å². The van der Waals surface area contributed by atoms with E-state index in [1.165, 1.54) is 12.1 Å². The summed E-state index contributed by atoms with van der Waals surface area (Å²) in [7, 11) is 0. The average molecular weight is 405 g/mol. The molecule has 28 heavy (non-hydrogen) atoms. The van der Waals surface area contributed by atoms with Gasteiger partial charge in [-0.05, 0) is 62.2 Å². The predicted octanol–water partition coefficient (Wildman–Crippen LogP) is 4.29. The first-order valence-corrected chi connectivity index (χ1v) is 9.88. The molecule has 4 nitrogen and oxygen atoms in total. The predicted molar refractivity (Wildman–Crippen MR) is 109 cm³/mol. The van der Waals surface area contributed by atoms with Crippen molar-refractivity contribution in [3.63, 3.8) is 0 Å². The van der Waals surface area contributed by atoms with Gasteiger partial charge in [0.05, 0.1) is 0 Å². The van der Waals surface area contributed by atoms with Gasteiger partial charge in [0.15, 0.2) is 6.61 Å². The van der Waals surface area contributed by atoms with Crippen LogP contribution >= 0.6 is 11.6 Å². The van der Waals surface area contributed by atoms with E-state index >= 15 is 0 Å². The molecule has 1 saturated heterocycles.